The van der Waals surface area contributed by atoms with Crippen molar-refractivity contribution in [2.24, 2.45) is 0 Å². The van der Waals surface area contributed by atoms with Crippen LogP contribution in [-0.2, 0) is 22.3 Å². The van der Waals surface area contributed by atoms with Crippen molar-refractivity contribution in [1.29, 1.82) is 0 Å². The van der Waals surface area contributed by atoms with Crippen LogP contribution >= 0.6 is 11.6 Å². The second-order valence-corrected chi connectivity index (χ2v) is 7.29. The Morgan fingerprint density at radius 2 is 1.85 bits per heavy atom. The average molecular weight is 318 g/mol. The molecule has 0 fully saturated rings. The van der Waals surface area contributed by atoms with E-state index in [0.29, 0.717) is 17.3 Å². The molecule has 0 amide bonds. The van der Waals surface area contributed by atoms with Gasteiger partial charge in [-0.2, -0.15) is 4.31 Å². The molecule has 1 rings (SSSR count). The summed E-state index contributed by atoms with van der Waals surface area (Å²) in [5.74, 6) is 0.335. The summed E-state index contributed by atoms with van der Waals surface area (Å²) >= 11 is 5.93. The zero-order valence-corrected chi connectivity index (χ0v) is 14.3. The zero-order valence-electron chi connectivity index (χ0n) is 12.7. The number of alkyl halides is 1. The number of hydrogen-bond acceptors (Lipinski definition) is 2. The molecule has 0 bridgehead atoms. The van der Waals surface area contributed by atoms with Crippen LogP contribution in [0, 0.1) is 0 Å². The summed E-state index contributed by atoms with van der Waals surface area (Å²) in [7, 11) is -3.45. The quantitative estimate of drug-likeness (QED) is 0.717. The smallest absolute Gasteiger partial charge is 0.207 e. The second kappa shape index (κ2) is 7.43. The fourth-order valence-electron chi connectivity index (χ4n) is 2.24. The molecule has 20 heavy (non-hydrogen) atoms. The molecule has 5 heteroatoms. The Hall–Kier alpha value is -0.580. The Balaban J connectivity index is 3.27. The first-order valence-electron chi connectivity index (χ1n) is 7.08. The van der Waals surface area contributed by atoms with Crippen LogP contribution in [-0.4, -0.2) is 25.3 Å². The molecule has 0 heterocycles. The van der Waals surface area contributed by atoms with Gasteiger partial charge >= 0.3 is 0 Å². The van der Waals surface area contributed by atoms with Gasteiger partial charge in [0, 0.05) is 18.5 Å². The summed E-state index contributed by atoms with van der Waals surface area (Å²) in [5, 5.41) is 0. The van der Waals surface area contributed by atoms with Crippen LogP contribution in [0.3, 0.4) is 0 Å². The number of halogens is 1. The lowest BCUT2D eigenvalue weighted by Crippen LogP contribution is -2.37. The highest BCUT2D eigenvalue weighted by Gasteiger charge is 2.26. The van der Waals surface area contributed by atoms with E-state index in [1.54, 1.807) is 16.4 Å². The Labute approximate surface area is 128 Å². The highest BCUT2D eigenvalue weighted by molar-refractivity contribution is 7.89. The molecule has 0 saturated carbocycles. The molecule has 0 aromatic heterocycles. The molecule has 3 nitrogen and oxygen atoms in total. The van der Waals surface area contributed by atoms with Gasteiger partial charge in [0.25, 0.3) is 0 Å². The molecule has 0 unspecified atom stereocenters. The highest BCUT2D eigenvalue weighted by atomic mass is 35.5. The number of benzene rings is 1. The molecule has 1 aromatic rings. The fraction of sp³-hybridized carbons (Fsp3) is 0.600. The fourth-order valence-corrected chi connectivity index (χ4v) is 4.27. The maximum Gasteiger partial charge on any atom is 0.243 e. The molecular weight excluding hydrogens is 294 g/mol. The van der Waals surface area contributed by atoms with E-state index in [1.807, 2.05) is 33.8 Å². The van der Waals surface area contributed by atoms with Gasteiger partial charge in [0.05, 0.1) is 4.90 Å². The first-order valence-corrected chi connectivity index (χ1v) is 9.05. The third-order valence-electron chi connectivity index (χ3n) is 3.33. The van der Waals surface area contributed by atoms with Crippen molar-refractivity contribution in [2.75, 3.05) is 6.54 Å². The molecular formula is C15H24ClNO2S. The predicted octanol–water partition coefficient (Wildman–Crippen LogP) is 3.80. The molecule has 0 saturated heterocycles. The molecule has 0 aliphatic carbocycles. The van der Waals surface area contributed by atoms with Gasteiger partial charge in [0.1, 0.15) is 0 Å². The van der Waals surface area contributed by atoms with Crippen molar-refractivity contribution in [1.82, 2.24) is 4.31 Å². The Morgan fingerprint density at radius 3 is 2.30 bits per heavy atom. The van der Waals surface area contributed by atoms with E-state index >= 15 is 0 Å². The van der Waals surface area contributed by atoms with Gasteiger partial charge in [-0.3, -0.25) is 0 Å². The van der Waals surface area contributed by atoms with Gasteiger partial charge in [0.2, 0.25) is 10.0 Å². The summed E-state index contributed by atoms with van der Waals surface area (Å²) < 4.78 is 27.0. The Morgan fingerprint density at radius 1 is 1.20 bits per heavy atom. The zero-order chi connectivity index (χ0) is 15.3. The number of aryl methyl sites for hydroxylation is 1. The minimum Gasteiger partial charge on any atom is -0.207 e. The van der Waals surface area contributed by atoms with E-state index in [-0.39, 0.29) is 6.04 Å². The summed E-state index contributed by atoms with van der Waals surface area (Å²) in [6, 6.07) is 5.22. The average Bonchev–Trinajstić information content (AvgIpc) is 2.43. The first kappa shape index (κ1) is 17.5. The van der Waals surface area contributed by atoms with Gasteiger partial charge in [-0.15, -0.1) is 11.6 Å². The number of sulfonamides is 1. The lowest BCUT2D eigenvalue weighted by molar-refractivity contribution is 0.354. The monoisotopic (exact) mass is 317 g/mol. The van der Waals surface area contributed by atoms with Crippen molar-refractivity contribution in [3.05, 3.63) is 29.3 Å². The molecule has 0 atom stereocenters. The predicted molar refractivity (Wildman–Crippen MR) is 84.7 cm³/mol. The van der Waals surface area contributed by atoms with Gasteiger partial charge in [-0.05, 0) is 49.9 Å². The van der Waals surface area contributed by atoms with Gasteiger partial charge in [-0.1, -0.05) is 19.9 Å². The van der Waals surface area contributed by atoms with Gasteiger partial charge in [0.15, 0.2) is 0 Å². The van der Waals surface area contributed by atoms with Crippen LogP contribution in [0.15, 0.2) is 23.1 Å². The number of nitrogens with zero attached hydrogens (tertiary/aromatic N) is 1. The third kappa shape index (κ3) is 3.74. The SMILES string of the molecule is CCCN(C(C)C)S(=O)(=O)c1ccc(CC)c(CCl)c1. The van der Waals surface area contributed by atoms with Crippen molar-refractivity contribution in [2.45, 2.75) is 57.4 Å². The van der Waals surface area contributed by atoms with Crippen molar-refractivity contribution in [3.8, 4) is 0 Å². The maximum atomic E-state index is 12.7. The largest absolute Gasteiger partial charge is 0.243 e. The molecule has 0 N–H and O–H groups in total. The standard InChI is InChI=1S/C15H24ClNO2S/c1-5-9-17(12(3)4)20(18,19)15-8-7-13(6-2)14(10-15)11-16/h7-8,10,12H,5-6,9,11H2,1-4H3. The maximum absolute atomic E-state index is 12.7. The van der Waals surface area contributed by atoms with Crippen LogP contribution in [0.5, 0.6) is 0 Å². The van der Waals surface area contributed by atoms with Crippen LogP contribution in [0.2, 0.25) is 0 Å². The molecule has 0 spiro atoms. The van der Waals surface area contributed by atoms with Crippen LogP contribution in [0.1, 0.15) is 45.2 Å². The van der Waals surface area contributed by atoms with Crippen LogP contribution in [0.25, 0.3) is 0 Å². The van der Waals surface area contributed by atoms with Crippen molar-refractivity contribution < 1.29 is 8.42 Å². The van der Waals surface area contributed by atoms with Gasteiger partial charge in [-0.25, -0.2) is 8.42 Å². The molecule has 0 radical (unpaired) electrons. The molecule has 114 valence electrons. The lowest BCUT2D eigenvalue weighted by Gasteiger charge is -2.25. The van der Waals surface area contributed by atoms with E-state index in [9.17, 15) is 8.42 Å². The minimum atomic E-state index is -3.45. The first-order chi connectivity index (χ1) is 9.38. The molecule has 0 aliphatic rings. The number of rotatable bonds is 7. The van der Waals surface area contributed by atoms with Crippen LogP contribution in [0.4, 0.5) is 0 Å². The topological polar surface area (TPSA) is 37.4 Å². The number of hydrogen-bond donors (Lipinski definition) is 0. The minimum absolute atomic E-state index is 0.0507. The van der Waals surface area contributed by atoms with Crippen molar-refractivity contribution in [3.63, 3.8) is 0 Å². The van der Waals surface area contributed by atoms with Crippen LogP contribution < -0.4 is 0 Å². The Bertz CT molecular complexity index is 541. The molecule has 0 aliphatic heterocycles. The van der Waals surface area contributed by atoms with E-state index in [2.05, 4.69) is 0 Å². The van der Waals surface area contributed by atoms with E-state index in [1.165, 1.54) is 0 Å². The van der Waals surface area contributed by atoms with E-state index in [0.717, 1.165) is 24.0 Å². The second-order valence-electron chi connectivity index (χ2n) is 5.13. The molecule has 1 aromatic carbocycles. The normalized spacial score (nSPS) is 12.3. The summed E-state index contributed by atoms with van der Waals surface area (Å²) in [5.41, 5.74) is 2.00. The van der Waals surface area contributed by atoms with Gasteiger partial charge < -0.3 is 0 Å². The Kier molecular flexibility index (Phi) is 6.49. The van der Waals surface area contributed by atoms with Crippen molar-refractivity contribution >= 4 is 21.6 Å². The third-order valence-corrected chi connectivity index (χ3v) is 5.69. The summed E-state index contributed by atoms with van der Waals surface area (Å²) in [6.07, 6.45) is 1.65. The highest BCUT2D eigenvalue weighted by Crippen LogP contribution is 2.23. The van der Waals surface area contributed by atoms with E-state index < -0.39 is 10.0 Å². The lowest BCUT2D eigenvalue weighted by atomic mass is 10.1. The summed E-state index contributed by atoms with van der Waals surface area (Å²) in [6.45, 7) is 8.35. The van der Waals surface area contributed by atoms with E-state index in [4.69, 9.17) is 11.6 Å². The summed E-state index contributed by atoms with van der Waals surface area (Å²) in [4.78, 5) is 0.340.